The third-order valence-corrected chi connectivity index (χ3v) is 2.31. The van der Waals surface area contributed by atoms with Crippen LogP contribution in [0.3, 0.4) is 0 Å². The predicted molar refractivity (Wildman–Crippen MR) is 61.0 cm³/mol. The van der Waals surface area contributed by atoms with E-state index in [1.165, 1.54) is 6.07 Å². The first-order valence-corrected chi connectivity index (χ1v) is 5.47. The van der Waals surface area contributed by atoms with Crippen molar-refractivity contribution >= 4 is 0 Å². The minimum absolute atomic E-state index is 0.0994. The summed E-state index contributed by atoms with van der Waals surface area (Å²) in [6, 6.07) is 6.66. The highest BCUT2D eigenvalue weighted by atomic mass is 19.3. The molecule has 0 amide bonds. The Morgan fingerprint density at radius 2 is 2.06 bits per heavy atom. The van der Waals surface area contributed by atoms with E-state index in [1.54, 1.807) is 18.2 Å². The van der Waals surface area contributed by atoms with Gasteiger partial charge in [-0.1, -0.05) is 25.1 Å². The molecule has 0 aliphatic carbocycles. The fraction of sp³-hybridized carbons (Fsp3) is 0.500. The Balaban J connectivity index is 2.51. The van der Waals surface area contributed by atoms with Crippen molar-refractivity contribution in [1.29, 1.82) is 0 Å². The lowest BCUT2D eigenvalue weighted by Gasteiger charge is -2.13. The second-order valence-electron chi connectivity index (χ2n) is 3.90. The maximum atomic E-state index is 12.1. The molecule has 0 fully saturated rings. The van der Waals surface area contributed by atoms with Gasteiger partial charge in [-0.3, -0.25) is 0 Å². The van der Waals surface area contributed by atoms with Crippen molar-refractivity contribution in [2.24, 2.45) is 5.92 Å². The number of rotatable bonds is 7. The Hall–Kier alpha value is -1.20. The minimum Gasteiger partial charge on any atom is -0.434 e. The molecule has 1 atom stereocenters. The molecule has 0 heterocycles. The molecule has 0 aliphatic rings. The molecule has 0 aromatic heterocycles. The normalized spacial score (nSPS) is 12.8. The maximum absolute atomic E-state index is 12.1. The summed E-state index contributed by atoms with van der Waals surface area (Å²) < 4.78 is 28.7. The molecule has 0 saturated carbocycles. The van der Waals surface area contributed by atoms with Gasteiger partial charge in [-0.25, -0.2) is 0 Å². The third-order valence-electron chi connectivity index (χ3n) is 2.31. The zero-order valence-electron chi connectivity index (χ0n) is 9.70. The van der Waals surface area contributed by atoms with Gasteiger partial charge in [0.05, 0.1) is 0 Å². The van der Waals surface area contributed by atoms with Gasteiger partial charge >= 0.3 is 6.61 Å². The highest BCUT2D eigenvalue weighted by Gasteiger charge is 2.08. The average molecular weight is 245 g/mol. The highest BCUT2D eigenvalue weighted by molar-refractivity contribution is 5.33. The first-order valence-electron chi connectivity index (χ1n) is 5.47. The van der Waals surface area contributed by atoms with Crippen molar-refractivity contribution < 1.29 is 18.6 Å². The van der Waals surface area contributed by atoms with Gasteiger partial charge in [-0.05, 0) is 12.0 Å². The van der Waals surface area contributed by atoms with E-state index >= 15 is 0 Å². The molecule has 1 aromatic rings. The Morgan fingerprint density at radius 1 is 1.35 bits per heavy atom. The molecule has 0 saturated heterocycles. The van der Waals surface area contributed by atoms with Crippen molar-refractivity contribution in [2.45, 2.75) is 20.1 Å². The van der Waals surface area contributed by atoms with E-state index in [4.69, 9.17) is 5.11 Å². The van der Waals surface area contributed by atoms with Crippen LogP contribution in [0.4, 0.5) is 8.78 Å². The van der Waals surface area contributed by atoms with E-state index < -0.39 is 6.61 Å². The zero-order chi connectivity index (χ0) is 12.7. The number of hydrogen-bond acceptors (Lipinski definition) is 3. The predicted octanol–water partition coefficient (Wildman–Crippen LogP) is 2.01. The quantitative estimate of drug-likeness (QED) is 0.772. The summed E-state index contributed by atoms with van der Waals surface area (Å²) in [4.78, 5) is 0. The first kappa shape index (κ1) is 13.9. The summed E-state index contributed by atoms with van der Waals surface area (Å²) in [6.45, 7) is 0.247. The van der Waals surface area contributed by atoms with E-state index in [0.29, 0.717) is 18.7 Å². The lowest BCUT2D eigenvalue weighted by atomic mass is 10.1. The van der Waals surface area contributed by atoms with Crippen molar-refractivity contribution in [2.75, 3.05) is 13.2 Å². The highest BCUT2D eigenvalue weighted by Crippen LogP contribution is 2.19. The van der Waals surface area contributed by atoms with Gasteiger partial charge in [0.25, 0.3) is 0 Å². The molecular weight excluding hydrogens is 228 g/mol. The number of aliphatic hydroxyl groups excluding tert-OH is 1. The van der Waals surface area contributed by atoms with Crippen LogP contribution in [0.1, 0.15) is 12.5 Å². The number of alkyl halides is 2. The van der Waals surface area contributed by atoms with Crippen LogP contribution in [-0.2, 0) is 6.54 Å². The zero-order valence-corrected chi connectivity index (χ0v) is 9.70. The SMILES string of the molecule is CC(CO)CNCc1ccccc1OC(F)F. The summed E-state index contributed by atoms with van der Waals surface area (Å²) in [5.74, 6) is 0.324. The van der Waals surface area contributed by atoms with Gasteiger partial charge in [0.15, 0.2) is 0 Å². The topological polar surface area (TPSA) is 41.5 Å². The van der Waals surface area contributed by atoms with Crippen molar-refractivity contribution in [1.82, 2.24) is 5.32 Å². The van der Waals surface area contributed by atoms with Gasteiger partial charge in [0, 0.05) is 25.3 Å². The van der Waals surface area contributed by atoms with Crippen LogP contribution in [0.25, 0.3) is 0 Å². The van der Waals surface area contributed by atoms with Crippen LogP contribution in [0, 0.1) is 5.92 Å². The van der Waals surface area contributed by atoms with E-state index in [2.05, 4.69) is 10.1 Å². The van der Waals surface area contributed by atoms with E-state index in [-0.39, 0.29) is 18.3 Å². The number of nitrogens with one attached hydrogen (secondary N) is 1. The molecule has 0 aliphatic heterocycles. The van der Waals surface area contributed by atoms with E-state index in [0.717, 1.165) is 0 Å². The third kappa shape index (κ3) is 5.10. The van der Waals surface area contributed by atoms with Gasteiger partial charge < -0.3 is 15.2 Å². The monoisotopic (exact) mass is 245 g/mol. The van der Waals surface area contributed by atoms with Crippen molar-refractivity contribution in [3.05, 3.63) is 29.8 Å². The molecule has 5 heteroatoms. The molecule has 1 rings (SSSR count). The lowest BCUT2D eigenvalue weighted by molar-refractivity contribution is -0.0505. The van der Waals surface area contributed by atoms with Gasteiger partial charge in [-0.2, -0.15) is 8.78 Å². The summed E-state index contributed by atoms with van der Waals surface area (Å²) in [5, 5.41) is 11.9. The molecule has 1 aromatic carbocycles. The molecular formula is C12H17F2NO2. The molecule has 0 radical (unpaired) electrons. The molecule has 2 N–H and O–H groups in total. The van der Waals surface area contributed by atoms with Crippen LogP contribution in [0.5, 0.6) is 5.75 Å². The summed E-state index contributed by atoms with van der Waals surface area (Å²) in [6.07, 6.45) is 0. The molecule has 1 unspecified atom stereocenters. The standard InChI is InChI=1S/C12H17F2NO2/c1-9(8-16)6-15-7-10-4-2-3-5-11(10)17-12(13)14/h2-5,9,12,15-16H,6-8H2,1H3. The van der Waals surface area contributed by atoms with E-state index in [1.807, 2.05) is 6.92 Å². The number of ether oxygens (including phenoxy) is 1. The number of hydrogen-bond donors (Lipinski definition) is 2. The van der Waals surface area contributed by atoms with Gasteiger partial charge in [0.1, 0.15) is 5.75 Å². The Labute approximate surface area is 99.4 Å². The van der Waals surface area contributed by atoms with Gasteiger partial charge in [0.2, 0.25) is 0 Å². The van der Waals surface area contributed by atoms with Crippen LogP contribution in [-0.4, -0.2) is 24.9 Å². The fourth-order valence-corrected chi connectivity index (χ4v) is 1.38. The first-order chi connectivity index (χ1) is 8.13. The second kappa shape index (κ2) is 7.19. The molecule has 3 nitrogen and oxygen atoms in total. The lowest BCUT2D eigenvalue weighted by Crippen LogP contribution is -2.23. The van der Waals surface area contributed by atoms with Crippen LogP contribution in [0.15, 0.2) is 24.3 Å². The van der Waals surface area contributed by atoms with Crippen molar-refractivity contribution in [3.63, 3.8) is 0 Å². The van der Waals surface area contributed by atoms with Crippen molar-refractivity contribution in [3.8, 4) is 5.75 Å². The molecule has 0 bridgehead atoms. The minimum atomic E-state index is -2.81. The largest absolute Gasteiger partial charge is 0.434 e. The van der Waals surface area contributed by atoms with Crippen LogP contribution in [0.2, 0.25) is 0 Å². The molecule has 17 heavy (non-hydrogen) atoms. The molecule has 96 valence electrons. The summed E-state index contributed by atoms with van der Waals surface area (Å²) in [5.41, 5.74) is 0.679. The Morgan fingerprint density at radius 3 is 2.71 bits per heavy atom. The average Bonchev–Trinajstić information content (AvgIpc) is 2.30. The summed E-state index contributed by atoms with van der Waals surface area (Å²) in [7, 11) is 0. The number of benzene rings is 1. The van der Waals surface area contributed by atoms with Gasteiger partial charge in [-0.15, -0.1) is 0 Å². The van der Waals surface area contributed by atoms with Crippen LogP contribution >= 0.6 is 0 Å². The van der Waals surface area contributed by atoms with Crippen LogP contribution < -0.4 is 10.1 Å². The number of para-hydroxylation sites is 1. The fourth-order valence-electron chi connectivity index (χ4n) is 1.38. The maximum Gasteiger partial charge on any atom is 0.387 e. The number of aliphatic hydroxyl groups is 1. The number of halogens is 2. The van der Waals surface area contributed by atoms with E-state index in [9.17, 15) is 8.78 Å². The second-order valence-corrected chi connectivity index (χ2v) is 3.90. The summed E-state index contributed by atoms with van der Waals surface area (Å²) >= 11 is 0. The smallest absolute Gasteiger partial charge is 0.387 e. The Bertz CT molecular complexity index is 334. The Kier molecular flexibility index (Phi) is 5.86. The molecule has 0 spiro atoms.